The molecule has 0 fully saturated rings. The summed E-state index contributed by atoms with van der Waals surface area (Å²) in [5.74, 6) is 3.08. The normalized spacial score (nSPS) is 13.4. The zero-order valence-corrected chi connectivity index (χ0v) is 30.2. The molecule has 0 aromatic carbocycles. The van der Waals surface area contributed by atoms with Crippen LogP contribution in [0, 0.1) is 0 Å². The first-order chi connectivity index (χ1) is 23.5. The van der Waals surface area contributed by atoms with Crippen LogP contribution in [0.2, 0.25) is 0 Å². The first-order valence-corrected chi connectivity index (χ1v) is 17.0. The van der Waals surface area contributed by atoms with Crippen LogP contribution in [0.4, 0.5) is 0 Å². The Hall–Kier alpha value is -5.52. The van der Waals surface area contributed by atoms with Gasteiger partial charge in [-0.15, -0.1) is 0 Å². The smallest absolute Gasteiger partial charge is 0.179 e. The molecule has 50 heavy (non-hydrogen) atoms. The molecule has 0 amide bonds. The van der Waals surface area contributed by atoms with Gasteiger partial charge in [0.2, 0.25) is 0 Å². The number of nitrogens with zero attached hydrogens (tertiary/aromatic N) is 8. The summed E-state index contributed by atoms with van der Waals surface area (Å²) in [6, 6.07) is 14.1. The van der Waals surface area contributed by atoms with Crippen molar-refractivity contribution < 1.29 is 0 Å². The van der Waals surface area contributed by atoms with Crippen LogP contribution in [0.25, 0.3) is 67.7 Å². The molecular weight excluding hydrogens is 625 g/mol. The highest BCUT2D eigenvalue weighted by molar-refractivity contribution is 5.88. The molecule has 0 saturated carbocycles. The number of hydrogen-bond acceptors (Lipinski definition) is 8. The molecule has 4 N–H and O–H groups in total. The molecule has 12 heteroatoms. The lowest BCUT2D eigenvalue weighted by Gasteiger charge is -2.40. The van der Waals surface area contributed by atoms with E-state index in [-0.39, 0.29) is 16.2 Å². The van der Waals surface area contributed by atoms with E-state index in [1.165, 1.54) is 0 Å². The quantitative estimate of drug-likeness (QED) is 0.144. The molecule has 8 rings (SSSR count). The van der Waals surface area contributed by atoms with E-state index in [0.29, 0.717) is 34.2 Å². The number of aromatic nitrogens is 12. The number of pyridine rings is 4. The van der Waals surface area contributed by atoms with Gasteiger partial charge < -0.3 is 19.9 Å². The molecule has 0 bridgehead atoms. The number of hydrogen-bond donors (Lipinski definition) is 4. The van der Waals surface area contributed by atoms with Gasteiger partial charge in [0, 0.05) is 33.6 Å². The zero-order chi connectivity index (χ0) is 35.4. The second kappa shape index (κ2) is 10.5. The van der Waals surface area contributed by atoms with E-state index in [4.69, 9.17) is 39.9 Å². The van der Waals surface area contributed by atoms with E-state index in [2.05, 4.69) is 95.2 Å². The molecule has 0 spiro atoms. The van der Waals surface area contributed by atoms with Gasteiger partial charge in [-0.3, -0.25) is 4.98 Å². The van der Waals surface area contributed by atoms with Crippen molar-refractivity contribution in [3.05, 3.63) is 71.6 Å². The Kier molecular flexibility index (Phi) is 6.66. The SMILES string of the molecule is CC(C)(C)c1cccc(-c2nc3cc4[nH]c(C(C)(C)C(C)(C)c5ccc(-c6nc7cc8[nH]c(C(C)(C)C)nc8nc7[nH]6)nc5)nc4nc3[nH]2)n1. The van der Waals surface area contributed by atoms with E-state index in [1.54, 1.807) is 0 Å². The van der Waals surface area contributed by atoms with Crippen LogP contribution >= 0.6 is 0 Å². The molecule has 0 aliphatic heterocycles. The Morgan fingerprint density at radius 3 is 1.64 bits per heavy atom. The average Bonchev–Trinajstić information content (AvgIpc) is 3.85. The highest BCUT2D eigenvalue weighted by atomic mass is 15.1. The second-order valence-electron chi connectivity index (χ2n) is 16.4. The highest BCUT2D eigenvalue weighted by Gasteiger charge is 2.42. The molecular formula is C38H42N12. The lowest BCUT2D eigenvalue weighted by molar-refractivity contribution is 0.289. The van der Waals surface area contributed by atoms with Gasteiger partial charge in [0.05, 0.1) is 11.0 Å². The molecule has 0 aliphatic rings. The van der Waals surface area contributed by atoms with E-state index in [1.807, 2.05) is 42.6 Å². The molecule has 0 atom stereocenters. The lowest BCUT2D eigenvalue weighted by Crippen LogP contribution is -2.41. The number of H-pyrrole nitrogens is 4. The second-order valence-corrected chi connectivity index (χ2v) is 16.4. The first-order valence-electron chi connectivity index (χ1n) is 17.0. The zero-order valence-electron chi connectivity index (χ0n) is 30.2. The van der Waals surface area contributed by atoms with Gasteiger partial charge >= 0.3 is 0 Å². The minimum absolute atomic E-state index is 0.0625. The fraction of sp³-hybridized carbons (Fsp3) is 0.368. The van der Waals surface area contributed by atoms with E-state index in [0.717, 1.165) is 56.4 Å². The molecule has 12 nitrogen and oxygen atoms in total. The van der Waals surface area contributed by atoms with Gasteiger partial charge in [-0.1, -0.05) is 81.4 Å². The maximum absolute atomic E-state index is 5.00. The molecule has 0 radical (unpaired) electrons. The summed E-state index contributed by atoms with van der Waals surface area (Å²) >= 11 is 0. The minimum Gasteiger partial charge on any atom is -0.340 e. The third-order valence-electron chi connectivity index (χ3n) is 10.2. The predicted octanol–water partition coefficient (Wildman–Crippen LogP) is 7.96. The fourth-order valence-corrected chi connectivity index (χ4v) is 6.18. The number of imidazole rings is 4. The lowest BCUT2D eigenvalue weighted by atomic mass is 9.64. The van der Waals surface area contributed by atoms with Crippen molar-refractivity contribution in [1.29, 1.82) is 0 Å². The maximum Gasteiger partial charge on any atom is 0.179 e. The van der Waals surface area contributed by atoms with Crippen LogP contribution in [0.1, 0.15) is 92.1 Å². The summed E-state index contributed by atoms with van der Waals surface area (Å²) < 4.78 is 0. The summed E-state index contributed by atoms with van der Waals surface area (Å²) in [6.45, 7) is 21.6. The van der Waals surface area contributed by atoms with Crippen LogP contribution < -0.4 is 0 Å². The van der Waals surface area contributed by atoms with Crippen molar-refractivity contribution in [1.82, 2.24) is 59.8 Å². The van der Waals surface area contributed by atoms with Crippen molar-refractivity contribution in [3.8, 4) is 23.0 Å². The van der Waals surface area contributed by atoms with Crippen molar-refractivity contribution in [2.24, 2.45) is 0 Å². The van der Waals surface area contributed by atoms with Crippen LogP contribution in [-0.4, -0.2) is 59.8 Å². The third-order valence-corrected chi connectivity index (χ3v) is 10.2. The average molecular weight is 667 g/mol. The van der Waals surface area contributed by atoms with Gasteiger partial charge in [-0.25, -0.2) is 34.9 Å². The minimum atomic E-state index is -0.413. The van der Waals surface area contributed by atoms with Gasteiger partial charge in [0.1, 0.15) is 34.1 Å². The summed E-state index contributed by atoms with van der Waals surface area (Å²) in [5.41, 5.74) is 8.56. The van der Waals surface area contributed by atoms with E-state index >= 15 is 0 Å². The standard InChI is InChI=1S/C38H42N12/c1-35(2,3)26-13-11-12-21(40-26)28-42-23-17-25-32(48-30(23)46-28)50-34(44-25)38(9,10)37(7,8)19-14-15-20(39-18-19)27-41-22-16-24-31(47-29(22)45-27)49-33(43-24)36(4,5)6/h11-18H,1-10H3,(H2,41,43,45,47,49)(H2,42,44,46,48,50). The fourth-order valence-electron chi connectivity index (χ4n) is 6.18. The Labute approximate surface area is 289 Å². The molecule has 0 unspecified atom stereocenters. The molecule has 8 heterocycles. The Morgan fingerprint density at radius 1 is 0.500 bits per heavy atom. The number of aromatic amines is 4. The number of nitrogens with one attached hydrogen (secondary N) is 4. The van der Waals surface area contributed by atoms with Crippen molar-refractivity contribution in [2.75, 3.05) is 0 Å². The molecule has 8 aromatic rings. The predicted molar refractivity (Wildman–Crippen MR) is 197 cm³/mol. The third kappa shape index (κ3) is 5.12. The van der Waals surface area contributed by atoms with Crippen molar-refractivity contribution in [2.45, 2.75) is 90.9 Å². The van der Waals surface area contributed by atoms with Crippen LogP contribution in [-0.2, 0) is 21.7 Å². The maximum atomic E-state index is 5.00. The van der Waals surface area contributed by atoms with Gasteiger partial charge in [0.15, 0.2) is 34.2 Å². The molecule has 8 aromatic heterocycles. The van der Waals surface area contributed by atoms with E-state index < -0.39 is 5.41 Å². The number of rotatable bonds is 5. The van der Waals surface area contributed by atoms with Crippen molar-refractivity contribution >= 4 is 44.7 Å². The van der Waals surface area contributed by atoms with Crippen LogP contribution in [0.5, 0.6) is 0 Å². The van der Waals surface area contributed by atoms with Gasteiger partial charge in [0.25, 0.3) is 0 Å². The molecule has 0 saturated heterocycles. The topological polar surface area (TPSA) is 166 Å². The van der Waals surface area contributed by atoms with E-state index in [9.17, 15) is 0 Å². The monoisotopic (exact) mass is 666 g/mol. The Balaban J connectivity index is 1.06. The summed E-state index contributed by atoms with van der Waals surface area (Å²) in [6.07, 6.45) is 1.93. The molecule has 0 aliphatic carbocycles. The summed E-state index contributed by atoms with van der Waals surface area (Å²) in [7, 11) is 0. The van der Waals surface area contributed by atoms with Crippen LogP contribution in [0.15, 0.2) is 48.7 Å². The summed E-state index contributed by atoms with van der Waals surface area (Å²) in [5, 5.41) is 0. The van der Waals surface area contributed by atoms with Gasteiger partial charge in [-0.05, 0) is 35.9 Å². The first kappa shape index (κ1) is 31.7. The Bertz CT molecular complexity index is 2460. The number of fused-ring (bicyclic) bond motifs is 4. The van der Waals surface area contributed by atoms with Crippen molar-refractivity contribution in [3.63, 3.8) is 0 Å². The van der Waals surface area contributed by atoms with Crippen LogP contribution in [0.3, 0.4) is 0 Å². The summed E-state index contributed by atoms with van der Waals surface area (Å²) in [4.78, 5) is 52.3. The largest absolute Gasteiger partial charge is 0.340 e. The highest BCUT2D eigenvalue weighted by Crippen LogP contribution is 2.43. The molecule has 254 valence electrons. The Morgan fingerprint density at radius 2 is 1.08 bits per heavy atom. The van der Waals surface area contributed by atoms with Gasteiger partial charge in [-0.2, -0.15) is 0 Å².